The zero-order valence-electron chi connectivity index (χ0n) is 20.8. The minimum absolute atomic E-state index is 0.248. The number of piperidine rings is 1. The number of anilines is 2. The van der Waals surface area contributed by atoms with Gasteiger partial charge < -0.3 is 15.3 Å². The first kappa shape index (κ1) is 23.9. The van der Waals surface area contributed by atoms with Crippen LogP contribution in [0, 0.1) is 0 Å². The summed E-state index contributed by atoms with van der Waals surface area (Å²) in [4.78, 5) is 29.2. The zero-order chi connectivity index (χ0) is 25.4. The molecule has 0 saturated carbocycles. The molecule has 1 saturated heterocycles. The van der Waals surface area contributed by atoms with E-state index in [0.29, 0.717) is 34.5 Å². The van der Waals surface area contributed by atoms with Crippen molar-refractivity contribution >= 4 is 22.7 Å². The van der Waals surface area contributed by atoms with Gasteiger partial charge in [0.1, 0.15) is 11.0 Å². The molecule has 0 radical (unpaired) electrons. The Hall–Kier alpha value is -3.83. The van der Waals surface area contributed by atoms with Crippen LogP contribution in [0.5, 0.6) is 0 Å². The van der Waals surface area contributed by atoms with Gasteiger partial charge in [-0.1, -0.05) is 12.1 Å². The summed E-state index contributed by atoms with van der Waals surface area (Å²) < 4.78 is 5.14. The molecular formula is C25H31N9O2. The lowest BCUT2D eigenvalue weighted by molar-refractivity contribution is 0.0738. The Labute approximate surface area is 208 Å². The molecule has 4 aromatic rings. The van der Waals surface area contributed by atoms with Crippen LogP contribution in [-0.4, -0.2) is 64.2 Å². The molecule has 4 aromatic heterocycles. The molecule has 1 aliphatic rings. The molecular weight excluding hydrogens is 458 g/mol. The maximum absolute atomic E-state index is 13.2. The topological polar surface area (TPSA) is 119 Å². The predicted molar refractivity (Wildman–Crippen MR) is 138 cm³/mol. The van der Waals surface area contributed by atoms with Gasteiger partial charge in [-0.15, -0.1) is 6.58 Å². The first-order chi connectivity index (χ1) is 17.2. The molecule has 5 heterocycles. The summed E-state index contributed by atoms with van der Waals surface area (Å²) in [6, 6.07) is 5.68. The molecule has 1 aliphatic heterocycles. The van der Waals surface area contributed by atoms with Crippen molar-refractivity contribution in [2.45, 2.75) is 44.9 Å². The highest BCUT2D eigenvalue weighted by molar-refractivity contribution is 5.77. The van der Waals surface area contributed by atoms with E-state index in [1.165, 1.54) is 10.9 Å². The van der Waals surface area contributed by atoms with Crippen molar-refractivity contribution in [3.05, 3.63) is 65.5 Å². The quantitative estimate of drug-likeness (QED) is 0.380. The average Bonchev–Trinajstić information content (AvgIpc) is 3.42. The highest BCUT2D eigenvalue weighted by Gasteiger charge is 2.22. The second-order valence-electron chi connectivity index (χ2n) is 9.73. The Morgan fingerprint density at radius 3 is 2.72 bits per heavy atom. The smallest absolute Gasteiger partial charge is 0.278 e. The van der Waals surface area contributed by atoms with Gasteiger partial charge in [-0.3, -0.25) is 9.48 Å². The van der Waals surface area contributed by atoms with Gasteiger partial charge in [0, 0.05) is 12.4 Å². The maximum Gasteiger partial charge on any atom is 0.278 e. The molecule has 0 bridgehead atoms. The normalized spacial score (nSPS) is 15.4. The fourth-order valence-corrected chi connectivity index (χ4v) is 4.48. The molecule has 11 heteroatoms. The third kappa shape index (κ3) is 4.54. The van der Waals surface area contributed by atoms with Crippen molar-refractivity contribution < 1.29 is 5.11 Å². The number of allylic oxidation sites excluding steroid dienone is 1. The summed E-state index contributed by atoms with van der Waals surface area (Å²) in [5, 5.41) is 18.6. The second kappa shape index (κ2) is 9.32. The van der Waals surface area contributed by atoms with Crippen molar-refractivity contribution in [2.75, 3.05) is 25.5 Å². The number of aliphatic hydroxyl groups is 1. The number of rotatable bonds is 7. The number of likely N-dealkylation sites (tertiary alicyclic amines) is 1. The van der Waals surface area contributed by atoms with E-state index in [-0.39, 0.29) is 12.1 Å². The van der Waals surface area contributed by atoms with E-state index in [0.717, 1.165) is 31.6 Å². The van der Waals surface area contributed by atoms with E-state index in [4.69, 9.17) is 0 Å². The van der Waals surface area contributed by atoms with Crippen LogP contribution < -0.4 is 10.9 Å². The molecule has 0 unspecified atom stereocenters. The summed E-state index contributed by atoms with van der Waals surface area (Å²) in [7, 11) is 2.14. The van der Waals surface area contributed by atoms with Gasteiger partial charge in [0.25, 0.3) is 5.56 Å². The standard InChI is InChI=1S/C25H31N9O2/c1-5-11-33-23(35)19-15-26-24(28-17-14-27-32(16-17)18-9-12-31(4)13-10-18)30-22(19)34(33)21-8-6-7-20(29-21)25(2,3)36/h5-8,14-16,18,36H,1,9-13H2,2-4H3,(H,26,28,30). The first-order valence-electron chi connectivity index (χ1n) is 12.0. The zero-order valence-corrected chi connectivity index (χ0v) is 20.8. The van der Waals surface area contributed by atoms with Gasteiger partial charge in [0.05, 0.1) is 30.2 Å². The Bertz CT molecular complexity index is 1450. The number of aromatic nitrogens is 7. The summed E-state index contributed by atoms with van der Waals surface area (Å²) in [6.45, 7) is 9.48. The Kier molecular flexibility index (Phi) is 6.19. The van der Waals surface area contributed by atoms with Crippen LogP contribution in [0.25, 0.3) is 16.9 Å². The molecule has 11 nitrogen and oxygen atoms in total. The van der Waals surface area contributed by atoms with Gasteiger partial charge in [0.2, 0.25) is 5.95 Å². The van der Waals surface area contributed by atoms with Crippen LogP contribution in [0.15, 0.2) is 54.2 Å². The van der Waals surface area contributed by atoms with Crippen LogP contribution >= 0.6 is 0 Å². The summed E-state index contributed by atoms with van der Waals surface area (Å²) >= 11 is 0. The van der Waals surface area contributed by atoms with Gasteiger partial charge in [-0.25, -0.2) is 19.3 Å². The molecule has 0 aromatic carbocycles. The number of nitrogens with zero attached hydrogens (tertiary/aromatic N) is 8. The lowest BCUT2D eigenvalue weighted by Crippen LogP contribution is -2.31. The van der Waals surface area contributed by atoms with E-state index >= 15 is 0 Å². The van der Waals surface area contributed by atoms with Crippen LogP contribution in [-0.2, 0) is 12.1 Å². The molecule has 0 amide bonds. The minimum atomic E-state index is -1.14. The molecule has 188 valence electrons. The van der Waals surface area contributed by atoms with Gasteiger partial charge >= 0.3 is 0 Å². The maximum atomic E-state index is 13.2. The predicted octanol–water partition coefficient (Wildman–Crippen LogP) is 2.60. The molecule has 36 heavy (non-hydrogen) atoms. The minimum Gasteiger partial charge on any atom is -0.384 e. The lowest BCUT2D eigenvalue weighted by atomic mass is 10.1. The number of nitrogens with one attached hydrogen (secondary N) is 1. The van der Waals surface area contributed by atoms with Crippen LogP contribution in [0.4, 0.5) is 11.6 Å². The van der Waals surface area contributed by atoms with E-state index in [1.54, 1.807) is 49.0 Å². The Morgan fingerprint density at radius 2 is 2.00 bits per heavy atom. The lowest BCUT2D eigenvalue weighted by Gasteiger charge is -2.28. The average molecular weight is 490 g/mol. The molecule has 1 fully saturated rings. The fraction of sp³-hybridized carbons (Fsp3) is 0.400. The molecule has 5 rings (SSSR count). The monoisotopic (exact) mass is 489 g/mol. The highest BCUT2D eigenvalue weighted by atomic mass is 16.3. The van der Waals surface area contributed by atoms with Crippen molar-refractivity contribution in [1.29, 1.82) is 0 Å². The summed E-state index contributed by atoms with van der Waals surface area (Å²) in [5.74, 6) is 0.803. The number of hydrogen-bond donors (Lipinski definition) is 2. The molecule has 0 atom stereocenters. The van der Waals surface area contributed by atoms with Crippen molar-refractivity contribution in [3.8, 4) is 5.82 Å². The molecule has 2 N–H and O–H groups in total. The van der Waals surface area contributed by atoms with E-state index in [9.17, 15) is 9.90 Å². The summed E-state index contributed by atoms with van der Waals surface area (Å²) in [6.07, 6.45) is 8.99. The first-order valence-corrected chi connectivity index (χ1v) is 12.0. The van der Waals surface area contributed by atoms with E-state index in [1.807, 2.05) is 10.9 Å². The van der Waals surface area contributed by atoms with Crippen molar-refractivity contribution in [2.24, 2.45) is 0 Å². The SMILES string of the molecule is C=CCn1c(=O)c2cnc(Nc3cnn(C4CCN(C)CC4)c3)nc2n1-c1cccc(C(C)(C)O)n1. The van der Waals surface area contributed by atoms with Gasteiger partial charge in [-0.2, -0.15) is 10.1 Å². The molecule has 0 aliphatic carbocycles. The number of fused-ring (bicyclic) bond motifs is 1. The van der Waals surface area contributed by atoms with Crippen molar-refractivity contribution in [3.63, 3.8) is 0 Å². The number of hydrogen-bond acceptors (Lipinski definition) is 8. The van der Waals surface area contributed by atoms with Gasteiger partial charge in [0.15, 0.2) is 11.5 Å². The van der Waals surface area contributed by atoms with E-state index in [2.05, 4.69) is 43.9 Å². The van der Waals surface area contributed by atoms with Crippen LogP contribution in [0.3, 0.4) is 0 Å². The third-order valence-electron chi connectivity index (χ3n) is 6.48. The largest absolute Gasteiger partial charge is 0.384 e. The summed E-state index contributed by atoms with van der Waals surface area (Å²) in [5.41, 5.74) is 0.269. The number of pyridine rings is 1. The Balaban J connectivity index is 1.52. The van der Waals surface area contributed by atoms with Crippen molar-refractivity contribution in [1.82, 2.24) is 39.0 Å². The van der Waals surface area contributed by atoms with Gasteiger partial charge in [-0.05, 0) is 59.0 Å². The van der Waals surface area contributed by atoms with Crippen LogP contribution in [0.1, 0.15) is 38.4 Å². The van der Waals surface area contributed by atoms with Crippen LogP contribution in [0.2, 0.25) is 0 Å². The fourth-order valence-electron chi connectivity index (χ4n) is 4.48. The second-order valence-corrected chi connectivity index (χ2v) is 9.73. The highest BCUT2D eigenvalue weighted by Crippen LogP contribution is 2.24. The molecule has 0 spiro atoms. The Morgan fingerprint density at radius 1 is 1.22 bits per heavy atom. The third-order valence-corrected chi connectivity index (χ3v) is 6.48. The van der Waals surface area contributed by atoms with E-state index < -0.39 is 5.60 Å².